The number of hydrogen-bond donors (Lipinski definition) is 1. The highest BCUT2D eigenvalue weighted by Crippen LogP contribution is 2.30. The number of rotatable bonds is 6. The van der Waals surface area contributed by atoms with Crippen molar-refractivity contribution in [1.82, 2.24) is 19.5 Å². The highest BCUT2D eigenvalue weighted by molar-refractivity contribution is 6.32. The predicted octanol–water partition coefficient (Wildman–Crippen LogP) is 4.65. The van der Waals surface area contributed by atoms with Crippen LogP contribution in [-0.2, 0) is 4.84 Å². The lowest BCUT2D eigenvalue weighted by molar-refractivity contribution is -0.301. The minimum absolute atomic E-state index is 0.00416. The monoisotopic (exact) mass is 444 g/mol. The van der Waals surface area contributed by atoms with E-state index >= 15 is 0 Å². The van der Waals surface area contributed by atoms with Gasteiger partial charge in [-0.05, 0) is 36.2 Å². The SMILES string of the molecule is CCCON(O)C(=O)N1CCC(Oc2ccc(-c3ccc4nccn4c3Cl)cc2)CC1. The van der Waals surface area contributed by atoms with Gasteiger partial charge in [-0.2, -0.15) is 0 Å². The van der Waals surface area contributed by atoms with Gasteiger partial charge in [-0.1, -0.05) is 35.9 Å². The number of aromatic nitrogens is 2. The van der Waals surface area contributed by atoms with E-state index in [2.05, 4.69) is 4.98 Å². The number of piperidine rings is 1. The van der Waals surface area contributed by atoms with Crippen LogP contribution < -0.4 is 4.74 Å². The lowest BCUT2D eigenvalue weighted by atomic mass is 10.1. The summed E-state index contributed by atoms with van der Waals surface area (Å²) in [5.41, 5.74) is 2.72. The van der Waals surface area contributed by atoms with Gasteiger partial charge in [0.25, 0.3) is 0 Å². The summed E-state index contributed by atoms with van der Waals surface area (Å²) < 4.78 is 7.94. The Hall–Kier alpha value is -2.81. The third kappa shape index (κ3) is 4.76. The Labute approximate surface area is 185 Å². The van der Waals surface area contributed by atoms with Crippen LogP contribution in [0.1, 0.15) is 26.2 Å². The molecule has 0 radical (unpaired) electrons. The third-order valence-electron chi connectivity index (χ3n) is 5.26. The van der Waals surface area contributed by atoms with E-state index in [4.69, 9.17) is 21.2 Å². The van der Waals surface area contributed by atoms with Crippen LogP contribution in [0.4, 0.5) is 4.79 Å². The molecular weight excluding hydrogens is 420 g/mol. The van der Waals surface area contributed by atoms with E-state index in [1.54, 1.807) is 11.1 Å². The molecule has 2 aromatic heterocycles. The zero-order valence-corrected chi connectivity index (χ0v) is 18.0. The van der Waals surface area contributed by atoms with Gasteiger partial charge in [0.15, 0.2) is 0 Å². The van der Waals surface area contributed by atoms with E-state index in [9.17, 15) is 10.0 Å². The molecule has 0 aliphatic carbocycles. The molecule has 1 aliphatic heterocycles. The smallest absolute Gasteiger partial charge is 0.369 e. The largest absolute Gasteiger partial charge is 0.490 e. The Kier molecular flexibility index (Phi) is 6.60. The summed E-state index contributed by atoms with van der Waals surface area (Å²) in [6, 6.07) is 11.2. The van der Waals surface area contributed by atoms with Crippen LogP contribution in [-0.4, -0.2) is 56.5 Å². The van der Waals surface area contributed by atoms with Crippen LogP contribution >= 0.6 is 11.6 Å². The maximum absolute atomic E-state index is 12.2. The Morgan fingerprint density at radius 3 is 2.68 bits per heavy atom. The number of pyridine rings is 1. The van der Waals surface area contributed by atoms with E-state index in [-0.39, 0.29) is 6.10 Å². The fraction of sp³-hybridized carbons (Fsp3) is 0.364. The van der Waals surface area contributed by atoms with Gasteiger partial charge in [-0.15, -0.1) is 0 Å². The number of ether oxygens (including phenoxy) is 1. The molecule has 0 saturated carbocycles. The number of hydroxylamine groups is 2. The first-order valence-corrected chi connectivity index (χ1v) is 10.7. The highest BCUT2D eigenvalue weighted by atomic mass is 35.5. The average molecular weight is 445 g/mol. The summed E-state index contributed by atoms with van der Waals surface area (Å²) in [6.07, 6.45) is 5.63. The summed E-state index contributed by atoms with van der Waals surface area (Å²) in [7, 11) is 0. The van der Waals surface area contributed by atoms with Crippen LogP contribution in [0.25, 0.3) is 16.8 Å². The van der Waals surface area contributed by atoms with Gasteiger partial charge in [0, 0.05) is 43.9 Å². The molecule has 0 bridgehead atoms. The second-order valence-electron chi connectivity index (χ2n) is 7.41. The number of hydrogen-bond acceptors (Lipinski definition) is 5. The van der Waals surface area contributed by atoms with Crippen molar-refractivity contribution in [3.8, 4) is 16.9 Å². The second kappa shape index (κ2) is 9.55. The van der Waals surface area contributed by atoms with E-state index in [1.165, 1.54) is 0 Å². The van der Waals surface area contributed by atoms with Crippen LogP contribution in [0.2, 0.25) is 5.15 Å². The molecule has 3 aromatic rings. The van der Waals surface area contributed by atoms with Crippen molar-refractivity contribution in [2.45, 2.75) is 32.3 Å². The van der Waals surface area contributed by atoms with Crippen molar-refractivity contribution in [2.75, 3.05) is 19.7 Å². The van der Waals surface area contributed by atoms with Gasteiger partial charge in [0.05, 0.1) is 6.61 Å². The minimum Gasteiger partial charge on any atom is -0.490 e. The first-order valence-electron chi connectivity index (χ1n) is 10.4. The molecule has 9 heteroatoms. The zero-order valence-electron chi connectivity index (χ0n) is 17.3. The lowest BCUT2D eigenvalue weighted by Crippen LogP contribution is -2.47. The number of likely N-dealkylation sites (tertiary alicyclic amines) is 1. The fourth-order valence-corrected chi connectivity index (χ4v) is 3.92. The number of benzene rings is 1. The summed E-state index contributed by atoms with van der Waals surface area (Å²) in [5, 5.41) is 10.6. The number of nitrogens with zero attached hydrogens (tertiary/aromatic N) is 4. The molecule has 31 heavy (non-hydrogen) atoms. The van der Waals surface area contributed by atoms with Gasteiger partial charge in [-0.3, -0.25) is 9.61 Å². The van der Waals surface area contributed by atoms with Gasteiger partial charge < -0.3 is 9.64 Å². The number of carbonyl (C=O) groups is 1. The topological polar surface area (TPSA) is 79.5 Å². The van der Waals surface area contributed by atoms with E-state index in [1.807, 2.05) is 53.9 Å². The molecular formula is C22H25ClN4O4. The van der Waals surface area contributed by atoms with Crippen molar-refractivity contribution >= 4 is 23.3 Å². The number of imidazole rings is 1. The van der Waals surface area contributed by atoms with Crippen LogP contribution in [0, 0.1) is 0 Å². The van der Waals surface area contributed by atoms with Crippen LogP contribution in [0.5, 0.6) is 5.75 Å². The molecule has 2 amide bonds. The number of amides is 2. The van der Waals surface area contributed by atoms with Crippen LogP contribution in [0.15, 0.2) is 48.8 Å². The maximum Gasteiger partial charge on any atom is 0.369 e. The Balaban J connectivity index is 1.34. The van der Waals surface area contributed by atoms with Crippen molar-refractivity contribution in [3.63, 3.8) is 0 Å². The van der Waals surface area contributed by atoms with Crippen molar-refractivity contribution in [2.24, 2.45) is 0 Å². The molecule has 1 saturated heterocycles. The Morgan fingerprint density at radius 2 is 1.97 bits per heavy atom. The van der Waals surface area contributed by atoms with Crippen LogP contribution in [0.3, 0.4) is 0 Å². The molecule has 1 N–H and O–H groups in total. The summed E-state index contributed by atoms with van der Waals surface area (Å²) >= 11 is 6.53. The standard InChI is InChI=1S/C22H25ClN4O4/c1-2-15-30-27(29)22(28)25-12-9-18(10-13-25)31-17-5-3-16(4-6-17)19-7-8-20-24-11-14-26(20)21(19)23/h3-8,11,14,18,29H,2,9-10,12-13,15H2,1H3. The van der Waals surface area contributed by atoms with Crippen molar-refractivity contribution in [3.05, 3.63) is 53.9 Å². The molecule has 4 rings (SSSR count). The molecule has 1 aromatic carbocycles. The summed E-state index contributed by atoms with van der Waals surface area (Å²) in [5.74, 6) is 0.767. The number of carbonyl (C=O) groups excluding carboxylic acids is 1. The molecule has 1 fully saturated rings. The fourth-order valence-electron chi connectivity index (χ4n) is 3.60. The van der Waals surface area contributed by atoms with Gasteiger partial charge >= 0.3 is 6.03 Å². The number of halogens is 1. The van der Waals surface area contributed by atoms with E-state index in [0.717, 1.165) is 22.5 Å². The molecule has 3 heterocycles. The lowest BCUT2D eigenvalue weighted by Gasteiger charge is -2.33. The van der Waals surface area contributed by atoms with Crippen molar-refractivity contribution < 1.29 is 19.6 Å². The van der Waals surface area contributed by atoms with Gasteiger partial charge in [0.2, 0.25) is 0 Å². The first-order chi connectivity index (χ1) is 15.1. The Morgan fingerprint density at radius 1 is 1.23 bits per heavy atom. The average Bonchev–Trinajstić information content (AvgIpc) is 3.28. The predicted molar refractivity (Wildman–Crippen MR) is 116 cm³/mol. The molecule has 0 spiro atoms. The summed E-state index contributed by atoms with van der Waals surface area (Å²) in [6.45, 7) is 3.18. The van der Waals surface area contributed by atoms with Gasteiger partial charge in [-0.25, -0.2) is 14.6 Å². The first kappa shape index (κ1) is 21.4. The molecule has 1 aliphatic rings. The molecule has 0 unspecified atom stereocenters. The van der Waals surface area contributed by atoms with Crippen molar-refractivity contribution in [1.29, 1.82) is 0 Å². The van der Waals surface area contributed by atoms with E-state index < -0.39 is 6.03 Å². The summed E-state index contributed by atoms with van der Waals surface area (Å²) in [4.78, 5) is 22.9. The Bertz CT molecular complexity index is 1030. The zero-order chi connectivity index (χ0) is 21.8. The van der Waals surface area contributed by atoms with E-state index in [0.29, 0.717) is 49.3 Å². The molecule has 8 nitrogen and oxygen atoms in total. The number of urea groups is 1. The second-order valence-corrected chi connectivity index (χ2v) is 7.77. The van der Waals surface area contributed by atoms with Gasteiger partial charge in [0.1, 0.15) is 22.7 Å². The molecule has 0 atom stereocenters. The normalized spacial score (nSPS) is 14.7. The quantitative estimate of drug-likeness (QED) is 0.340. The third-order valence-corrected chi connectivity index (χ3v) is 5.65. The minimum atomic E-state index is -0.539. The number of fused-ring (bicyclic) bond motifs is 1. The highest BCUT2D eigenvalue weighted by Gasteiger charge is 2.27. The molecule has 164 valence electrons. The maximum atomic E-state index is 12.2.